The molecule has 9 heavy (non-hydrogen) atoms. The van der Waals surface area contributed by atoms with Gasteiger partial charge in [-0.25, -0.2) is 0 Å². The van der Waals surface area contributed by atoms with Gasteiger partial charge in [-0.15, -0.1) is 0 Å². The summed E-state index contributed by atoms with van der Waals surface area (Å²) in [7, 11) is 0. The van der Waals surface area contributed by atoms with Crippen LogP contribution >= 0.6 is 0 Å². The number of rotatable bonds is 1. The zero-order chi connectivity index (χ0) is 7.28. The monoisotopic (exact) mass is 130 g/mol. The lowest BCUT2D eigenvalue weighted by Gasteiger charge is -2.03. The molecule has 1 aliphatic carbocycles. The molecule has 1 rings (SSSR count). The number of carbonyl (C=O) groups is 1. The van der Waals surface area contributed by atoms with Gasteiger partial charge in [0.1, 0.15) is 0 Å². The number of ketones is 1. The van der Waals surface area contributed by atoms with Gasteiger partial charge in [0.15, 0.2) is 11.4 Å². The van der Waals surface area contributed by atoms with Crippen LogP contribution in [0.25, 0.3) is 0 Å². The third-order valence-corrected chi connectivity index (χ3v) is 2.14. The number of hydrogen-bond acceptors (Lipinski definition) is 3. The second kappa shape index (κ2) is 1.36. The second-order valence-electron chi connectivity index (χ2n) is 2.97. The van der Waals surface area contributed by atoms with Crippen LogP contribution in [0.5, 0.6) is 0 Å². The minimum absolute atomic E-state index is 0.266. The SMILES string of the molecule is CC1(C)C(=O)C1(O)CO. The molecule has 1 fully saturated rings. The van der Waals surface area contributed by atoms with E-state index in [1.54, 1.807) is 13.8 Å². The zero-order valence-electron chi connectivity index (χ0n) is 5.51. The molecular weight excluding hydrogens is 120 g/mol. The Kier molecular flexibility index (Phi) is 1.01. The maximum Gasteiger partial charge on any atom is 0.176 e. The largest absolute Gasteiger partial charge is 0.393 e. The zero-order valence-corrected chi connectivity index (χ0v) is 5.51. The van der Waals surface area contributed by atoms with Gasteiger partial charge in [-0.05, 0) is 13.8 Å². The van der Waals surface area contributed by atoms with Crippen LogP contribution in [0.4, 0.5) is 0 Å². The van der Waals surface area contributed by atoms with Gasteiger partial charge in [0.2, 0.25) is 0 Å². The van der Waals surface area contributed by atoms with Crippen molar-refractivity contribution in [2.45, 2.75) is 19.4 Å². The Balaban J connectivity index is 2.82. The minimum atomic E-state index is -1.44. The molecule has 0 heterocycles. The number of aliphatic hydroxyl groups excluding tert-OH is 1. The van der Waals surface area contributed by atoms with E-state index in [0.29, 0.717) is 0 Å². The molecule has 3 heteroatoms. The summed E-state index contributed by atoms with van der Waals surface area (Å²) in [6.07, 6.45) is 0. The highest BCUT2D eigenvalue weighted by Crippen LogP contribution is 2.50. The topological polar surface area (TPSA) is 57.5 Å². The molecule has 0 aromatic heterocycles. The Morgan fingerprint density at radius 3 is 1.89 bits per heavy atom. The Hall–Kier alpha value is -0.410. The van der Waals surface area contributed by atoms with Crippen molar-refractivity contribution < 1.29 is 15.0 Å². The van der Waals surface area contributed by atoms with Gasteiger partial charge >= 0.3 is 0 Å². The van der Waals surface area contributed by atoms with Crippen LogP contribution in [0.15, 0.2) is 0 Å². The van der Waals surface area contributed by atoms with E-state index < -0.39 is 17.6 Å². The summed E-state index contributed by atoms with van der Waals surface area (Å²) in [6.45, 7) is 2.77. The Morgan fingerprint density at radius 2 is 1.89 bits per heavy atom. The molecule has 0 aromatic carbocycles. The molecule has 3 nitrogen and oxygen atoms in total. The van der Waals surface area contributed by atoms with Crippen molar-refractivity contribution in [2.24, 2.45) is 5.41 Å². The average molecular weight is 130 g/mol. The summed E-state index contributed by atoms with van der Waals surface area (Å²) >= 11 is 0. The molecule has 52 valence electrons. The van der Waals surface area contributed by atoms with Crippen LogP contribution in [-0.4, -0.2) is 28.2 Å². The molecule has 0 amide bonds. The normalized spacial score (nSPS) is 38.9. The lowest BCUT2D eigenvalue weighted by molar-refractivity contribution is -0.117. The van der Waals surface area contributed by atoms with E-state index in [9.17, 15) is 4.79 Å². The lowest BCUT2D eigenvalue weighted by atomic mass is 10.1. The highest BCUT2D eigenvalue weighted by atomic mass is 16.4. The summed E-state index contributed by atoms with van der Waals surface area (Å²) in [5, 5.41) is 17.6. The van der Waals surface area contributed by atoms with Gasteiger partial charge in [-0.2, -0.15) is 0 Å². The van der Waals surface area contributed by atoms with Gasteiger partial charge in [-0.1, -0.05) is 0 Å². The standard InChI is InChI=1S/C6H10O3/c1-5(2)4(8)6(5,9)3-7/h7,9H,3H2,1-2H3. The Morgan fingerprint density at radius 1 is 1.56 bits per heavy atom. The highest BCUT2D eigenvalue weighted by molar-refractivity contribution is 6.10. The van der Waals surface area contributed by atoms with Crippen molar-refractivity contribution in [3.63, 3.8) is 0 Å². The smallest absolute Gasteiger partial charge is 0.176 e. The van der Waals surface area contributed by atoms with Crippen molar-refractivity contribution in [2.75, 3.05) is 6.61 Å². The van der Waals surface area contributed by atoms with Crippen LogP contribution < -0.4 is 0 Å². The van der Waals surface area contributed by atoms with E-state index in [0.717, 1.165) is 0 Å². The fourth-order valence-corrected chi connectivity index (χ4v) is 0.942. The Bertz CT molecular complexity index is 162. The summed E-state index contributed by atoms with van der Waals surface area (Å²) in [5.41, 5.74) is -2.16. The number of Topliss-reactive ketones (excluding diaryl/α,β-unsaturated/α-hetero) is 1. The van der Waals surface area contributed by atoms with E-state index in [2.05, 4.69) is 0 Å². The molecular formula is C6H10O3. The van der Waals surface area contributed by atoms with Crippen molar-refractivity contribution in [3.8, 4) is 0 Å². The molecule has 0 aliphatic heterocycles. The van der Waals surface area contributed by atoms with Crippen LogP contribution in [0, 0.1) is 5.41 Å². The first-order valence-corrected chi connectivity index (χ1v) is 2.85. The summed E-state index contributed by atoms with van der Waals surface area (Å²) < 4.78 is 0. The molecule has 0 aromatic rings. The molecule has 0 saturated heterocycles. The van der Waals surface area contributed by atoms with Crippen LogP contribution in [0.1, 0.15) is 13.8 Å². The first-order valence-electron chi connectivity index (χ1n) is 2.85. The van der Waals surface area contributed by atoms with E-state index in [-0.39, 0.29) is 5.78 Å². The maximum atomic E-state index is 10.7. The van der Waals surface area contributed by atoms with Crippen LogP contribution in [0.3, 0.4) is 0 Å². The first-order chi connectivity index (χ1) is 3.97. The van der Waals surface area contributed by atoms with Crippen LogP contribution in [-0.2, 0) is 4.79 Å². The quantitative estimate of drug-likeness (QED) is 0.494. The second-order valence-corrected chi connectivity index (χ2v) is 2.97. The van der Waals surface area contributed by atoms with E-state index in [4.69, 9.17) is 10.2 Å². The van der Waals surface area contributed by atoms with Crippen molar-refractivity contribution in [1.82, 2.24) is 0 Å². The molecule has 0 bridgehead atoms. The van der Waals surface area contributed by atoms with Gasteiger partial charge in [-0.3, -0.25) is 4.79 Å². The summed E-state index contributed by atoms with van der Waals surface area (Å²) in [6, 6.07) is 0. The number of hydrogen-bond donors (Lipinski definition) is 2. The summed E-state index contributed by atoms with van der Waals surface area (Å²) in [4.78, 5) is 10.7. The van der Waals surface area contributed by atoms with Gasteiger partial charge < -0.3 is 10.2 Å². The molecule has 1 unspecified atom stereocenters. The fourth-order valence-electron chi connectivity index (χ4n) is 0.942. The number of carbonyl (C=O) groups excluding carboxylic acids is 1. The molecule has 1 aliphatic rings. The molecule has 1 atom stereocenters. The van der Waals surface area contributed by atoms with Crippen molar-refractivity contribution in [1.29, 1.82) is 0 Å². The third kappa shape index (κ3) is 0.509. The molecule has 0 radical (unpaired) electrons. The van der Waals surface area contributed by atoms with Gasteiger partial charge in [0, 0.05) is 0 Å². The fraction of sp³-hybridized carbons (Fsp3) is 0.833. The Labute approximate surface area is 53.3 Å². The minimum Gasteiger partial charge on any atom is -0.393 e. The summed E-state index contributed by atoms with van der Waals surface area (Å²) in [5.74, 6) is -0.266. The molecule has 0 spiro atoms. The van der Waals surface area contributed by atoms with E-state index in [1.165, 1.54) is 0 Å². The average Bonchev–Trinajstić information content (AvgIpc) is 2.16. The van der Waals surface area contributed by atoms with Crippen LogP contribution in [0.2, 0.25) is 0 Å². The molecule has 2 N–H and O–H groups in total. The van der Waals surface area contributed by atoms with Gasteiger partial charge in [0.05, 0.1) is 12.0 Å². The first kappa shape index (κ1) is 6.71. The predicted molar refractivity (Wildman–Crippen MR) is 30.8 cm³/mol. The number of aliphatic hydroxyl groups is 2. The maximum absolute atomic E-state index is 10.7. The molecule has 1 saturated carbocycles. The van der Waals surface area contributed by atoms with Gasteiger partial charge in [0.25, 0.3) is 0 Å². The lowest BCUT2D eigenvalue weighted by Crippen LogP contribution is -2.21. The third-order valence-electron chi connectivity index (χ3n) is 2.14. The highest BCUT2D eigenvalue weighted by Gasteiger charge is 2.71. The van der Waals surface area contributed by atoms with Crippen molar-refractivity contribution in [3.05, 3.63) is 0 Å². The van der Waals surface area contributed by atoms with Crippen molar-refractivity contribution >= 4 is 5.78 Å². The predicted octanol–water partition coefficient (Wildman–Crippen LogP) is -0.681. The van der Waals surface area contributed by atoms with E-state index >= 15 is 0 Å². The van der Waals surface area contributed by atoms with E-state index in [1.807, 2.05) is 0 Å².